The number of rotatable bonds is 6. The summed E-state index contributed by atoms with van der Waals surface area (Å²) in [6.07, 6.45) is 5.41. The highest BCUT2D eigenvalue weighted by atomic mass is 16.5. The summed E-state index contributed by atoms with van der Waals surface area (Å²) in [5, 5.41) is 0. The van der Waals surface area contributed by atoms with Gasteiger partial charge in [-0.2, -0.15) is 0 Å². The first kappa shape index (κ1) is 17.6. The van der Waals surface area contributed by atoms with Gasteiger partial charge in [0.15, 0.2) is 6.61 Å². The molecule has 7 nitrogen and oxygen atoms in total. The molecule has 7 heteroatoms. The van der Waals surface area contributed by atoms with Crippen LogP contribution < -0.4 is 4.74 Å². The van der Waals surface area contributed by atoms with Crippen molar-refractivity contribution >= 4 is 11.8 Å². The Hall–Kier alpha value is -2.83. The minimum atomic E-state index is -0.0472. The van der Waals surface area contributed by atoms with Gasteiger partial charge >= 0.3 is 0 Å². The van der Waals surface area contributed by atoms with Crippen molar-refractivity contribution < 1.29 is 14.3 Å². The third kappa shape index (κ3) is 3.54. The number of nitrogens with zero attached hydrogens (tertiary/aromatic N) is 3. The Morgan fingerprint density at radius 1 is 1.33 bits per heavy atom. The van der Waals surface area contributed by atoms with Gasteiger partial charge in [-0.25, -0.2) is 4.98 Å². The third-order valence-electron chi connectivity index (χ3n) is 5.56. The van der Waals surface area contributed by atoms with Gasteiger partial charge in [-0.05, 0) is 25.0 Å². The number of carbonyl (C=O) groups excluding carboxylic acids is 2. The molecule has 142 valence electrons. The van der Waals surface area contributed by atoms with E-state index in [9.17, 15) is 9.59 Å². The number of hydrogen-bond donors (Lipinski definition) is 1. The molecule has 0 saturated carbocycles. The van der Waals surface area contributed by atoms with E-state index in [-0.39, 0.29) is 30.5 Å². The number of benzene rings is 1. The fourth-order valence-corrected chi connectivity index (χ4v) is 4.13. The molecule has 1 N–H and O–H groups in total. The molecule has 3 heterocycles. The van der Waals surface area contributed by atoms with Gasteiger partial charge in [-0.15, -0.1) is 0 Å². The summed E-state index contributed by atoms with van der Waals surface area (Å²) < 4.78 is 5.71. The molecule has 27 heavy (non-hydrogen) atoms. The Bertz CT molecular complexity index is 820. The maximum atomic E-state index is 12.7. The van der Waals surface area contributed by atoms with Crippen LogP contribution in [0.25, 0.3) is 0 Å². The van der Waals surface area contributed by atoms with E-state index in [0.29, 0.717) is 19.5 Å². The van der Waals surface area contributed by atoms with Crippen molar-refractivity contribution in [3.8, 4) is 5.75 Å². The molecule has 0 unspecified atom stereocenters. The van der Waals surface area contributed by atoms with Crippen LogP contribution in [0.2, 0.25) is 0 Å². The van der Waals surface area contributed by atoms with Crippen LogP contribution in [0.3, 0.4) is 0 Å². The van der Waals surface area contributed by atoms with Gasteiger partial charge < -0.3 is 19.5 Å². The number of amides is 2. The average molecular weight is 368 g/mol. The molecular formula is C20H24N4O3. The van der Waals surface area contributed by atoms with Gasteiger partial charge in [0.25, 0.3) is 5.91 Å². The SMILES string of the molecule is Cc1ccccc1OCC(=O)N1CC[C@H]2[C@@H]1CC(=O)N2CCc1cnc[nH]1. The Morgan fingerprint density at radius 3 is 2.96 bits per heavy atom. The predicted molar refractivity (Wildman–Crippen MR) is 99.2 cm³/mol. The van der Waals surface area contributed by atoms with Gasteiger partial charge in [0.05, 0.1) is 18.4 Å². The smallest absolute Gasteiger partial charge is 0.260 e. The third-order valence-corrected chi connectivity index (χ3v) is 5.56. The number of aromatic amines is 1. The number of fused-ring (bicyclic) bond motifs is 1. The molecule has 2 fully saturated rings. The van der Waals surface area contributed by atoms with Crippen LogP contribution in [-0.4, -0.2) is 63.4 Å². The number of aromatic nitrogens is 2. The molecule has 2 aliphatic heterocycles. The average Bonchev–Trinajstić information content (AvgIpc) is 3.37. The molecule has 0 spiro atoms. The Labute approximate surface area is 158 Å². The summed E-state index contributed by atoms with van der Waals surface area (Å²) in [5.74, 6) is 0.807. The highest BCUT2D eigenvalue weighted by molar-refractivity contribution is 5.84. The number of carbonyl (C=O) groups is 2. The molecule has 2 atom stereocenters. The number of aryl methyl sites for hydroxylation is 1. The van der Waals surface area contributed by atoms with Crippen molar-refractivity contribution in [1.29, 1.82) is 0 Å². The number of para-hydroxylation sites is 1. The van der Waals surface area contributed by atoms with Crippen LogP contribution in [-0.2, 0) is 16.0 Å². The lowest BCUT2D eigenvalue weighted by molar-refractivity contribution is -0.134. The summed E-state index contributed by atoms with van der Waals surface area (Å²) in [7, 11) is 0. The van der Waals surface area contributed by atoms with Crippen molar-refractivity contribution in [3.05, 3.63) is 48.0 Å². The lowest BCUT2D eigenvalue weighted by atomic mass is 10.1. The number of imidazole rings is 1. The van der Waals surface area contributed by atoms with Gasteiger partial charge in [-0.1, -0.05) is 18.2 Å². The first-order chi connectivity index (χ1) is 13.1. The number of ether oxygens (including phenoxy) is 1. The zero-order valence-corrected chi connectivity index (χ0v) is 15.4. The molecule has 0 bridgehead atoms. The van der Waals surface area contributed by atoms with E-state index in [1.54, 1.807) is 12.5 Å². The summed E-state index contributed by atoms with van der Waals surface area (Å²) >= 11 is 0. The molecule has 0 aliphatic carbocycles. The van der Waals surface area contributed by atoms with Crippen molar-refractivity contribution in [3.63, 3.8) is 0 Å². The molecule has 2 saturated heterocycles. The number of H-pyrrole nitrogens is 1. The first-order valence-corrected chi connectivity index (χ1v) is 9.38. The highest BCUT2D eigenvalue weighted by Gasteiger charge is 2.47. The Kier molecular flexibility index (Phi) is 4.83. The standard InChI is InChI=1S/C20H24N4O3/c1-14-4-2-3-5-18(14)27-12-20(26)24-9-7-16-17(24)10-19(25)23(16)8-6-15-11-21-13-22-15/h2-5,11,13,16-17H,6-10,12H2,1H3,(H,21,22)/t16-,17-/m0/s1. The lowest BCUT2D eigenvalue weighted by Crippen LogP contribution is -2.42. The van der Waals surface area contributed by atoms with E-state index in [4.69, 9.17) is 4.74 Å². The fourth-order valence-electron chi connectivity index (χ4n) is 4.13. The minimum Gasteiger partial charge on any atom is -0.484 e. The first-order valence-electron chi connectivity index (χ1n) is 9.38. The van der Waals surface area contributed by atoms with Gasteiger partial charge in [-0.3, -0.25) is 9.59 Å². The van der Waals surface area contributed by atoms with E-state index in [1.165, 1.54) is 0 Å². The molecule has 2 aliphatic rings. The number of likely N-dealkylation sites (tertiary alicyclic amines) is 2. The topological polar surface area (TPSA) is 78.5 Å². The highest BCUT2D eigenvalue weighted by Crippen LogP contribution is 2.32. The largest absolute Gasteiger partial charge is 0.484 e. The van der Waals surface area contributed by atoms with Crippen molar-refractivity contribution in [2.75, 3.05) is 19.7 Å². The second-order valence-corrected chi connectivity index (χ2v) is 7.18. The molecule has 2 amide bonds. The summed E-state index contributed by atoms with van der Waals surface area (Å²) in [5.41, 5.74) is 2.02. The minimum absolute atomic E-state index is 0.0103. The second-order valence-electron chi connectivity index (χ2n) is 7.18. The predicted octanol–water partition coefficient (Wildman–Crippen LogP) is 1.54. The second kappa shape index (κ2) is 7.42. The molecule has 1 aromatic carbocycles. The monoisotopic (exact) mass is 368 g/mol. The van der Waals surface area contributed by atoms with Crippen LogP contribution in [0, 0.1) is 6.92 Å². The quantitative estimate of drug-likeness (QED) is 0.839. The summed E-state index contributed by atoms with van der Waals surface area (Å²) in [6.45, 7) is 3.30. The van der Waals surface area contributed by atoms with Crippen LogP contribution in [0.5, 0.6) is 5.75 Å². The zero-order chi connectivity index (χ0) is 18.8. The molecule has 0 radical (unpaired) electrons. The molecule has 1 aromatic heterocycles. The van der Waals surface area contributed by atoms with E-state index in [2.05, 4.69) is 9.97 Å². The maximum absolute atomic E-state index is 12.7. The number of nitrogens with one attached hydrogen (secondary N) is 1. The fraction of sp³-hybridized carbons (Fsp3) is 0.450. The van der Waals surface area contributed by atoms with Gasteiger partial charge in [0, 0.05) is 37.8 Å². The maximum Gasteiger partial charge on any atom is 0.260 e. The van der Waals surface area contributed by atoms with Crippen LogP contribution in [0.15, 0.2) is 36.8 Å². The number of hydrogen-bond acceptors (Lipinski definition) is 4. The molecule has 2 aromatic rings. The van der Waals surface area contributed by atoms with Crippen molar-refractivity contribution in [1.82, 2.24) is 19.8 Å². The van der Waals surface area contributed by atoms with Gasteiger partial charge in [0.2, 0.25) is 5.91 Å². The van der Waals surface area contributed by atoms with E-state index in [1.807, 2.05) is 41.0 Å². The molecular weight excluding hydrogens is 344 g/mol. The zero-order valence-electron chi connectivity index (χ0n) is 15.4. The Balaban J connectivity index is 1.35. The van der Waals surface area contributed by atoms with E-state index >= 15 is 0 Å². The summed E-state index contributed by atoms with van der Waals surface area (Å²) in [4.78, 5) is 36.0. The lowest BCUT2D eigenvalue weighted by Gasteiger charge is -2.25. The van der Waals surface area contributed by atoms with Crippen molar-refractivity contribution in [2.24, 2.45) is 0 Å². The van der Waals surface area contributed by atoms with Crippen LogP contribution >= 0.6 is 0 Å². The Morgan fingerprint density at radius 2 is 2.19 bits per heavy atom. The summed E-state index contributed by atoms with van der Waals surface area (Å²) in [6, 6.07) is 7.74. The van der Waals surface area contributed by atoms with Crippen LogP contribution in [0.1, 0.15) is 24.1 Å². The van der Waals surface area contributed by atoms with Crippen molar-refractivity contribution in [2.45, 2.75) is 38.3 Å². The van der Waals surface area contributed by atoms with E-state index < -0.39 is 0 Å². The molecule has 4 rings (SSSR count). The van der Waals surface area contributed by atoms with Crippen LogP contribution in [0.4, 0.5) is 0 Å². The normalized spacial score (nSPS) is 21.6. The van der Waals surface area contributed by atoms with Gasteiger partial charge in [0.1, 0.15) is 5.75 Å². The van der Waals surface area contributed by atoms with E-state index in [0.717, 1.165) is 29.8 Å².